The third kappa shape index (κ3) is 4.20. The summed E-state index contributed by atoms with van der Waals surface area (Å²) < 4.78 is 0. The quantitative estimate of drug-likeness (QED) is 0.746. The Hall–Kier alpha value is -1.10. The Bertz CT molecular complexity index is 340. The van der Waals surface area contributed by atoms with E-state index in [1.165, 1.54) is 0 Å². The van der Waals surface area contributed by atoms with Crippen LogP contribution < -0.4 is 11.1 Å². The number of nitrogens with zero attached hydrogens (tertiary/aromatic N) is 1. The summed E-state index contributed by atoms with van der Waals surface area (Å²) in [4.78, 5) is 26.0. The first-order valence-corrected chi connectivity index (χ1v) is 7.43. The highest BCUT2D eigenvalue weighted by Gasteiger charge is 2.35. The van der Waals surface area contributed by atoms with Gasteiger partial charge in [0.2, 0.25) is 11.8 Å². The highest BCUT2D eigenvalue weighted by molar-refractivity contribution is 5.88. The molecule has 108 valence electrons. The predicted octanol–water partition coefficient (Wildman–Crippen LogP) is 0.774. The summed E-state index contributed by atoms with van der Waals surface area (Å²) in [6, 6.07) is 0.270. The second-order valence-corrected chi connectivity index (χ2v) is 5.90. The van der Waals surface area contributed by atoms with Gasteiger partial charge in [-0.15, -0.1) is 0 Å². The van der Waals surface area contributed by atoms with Crippen molar-refractivity contribution < 1.29 is 9.59 Å². The SMILES string of the molecule is CC(N)CCCC(=O)N1CCCC1C(=O)NC1CC1. The molecule has 1 saturated carbocycles. The largest absolute Gasteiger partial charge is 0.352 e. The number of likely N-dealkylation sites (tertiary alicyclic amines) is 1. The van der Waals surface area contributed by atoms with E-state index in [9.17, 15) is 9.59 Å². The number of amides is 2. The summed E-state index contributed by atoms with van der Waals surface area (Å²) in [6.45, 7) is 2.67. The third-order valence-electron chi connectivity index (χ3n) is 3.85. The normalized spacial score (nSPS) is 24.3. The van der Waals surface area contributed by atoms with E-state index in [4.69, 9.17) is 5.73 Å². The fourth-order valence-electron chi connectivity index (χ4n) is 2.58. The molecule has 0 aromatic heterocycles. The van der Waals surface area contributed by atoms with E-state index in [0.29, 0.717) is 12.5 Å². The monoisotopic (exact) mass is 267 g/mol. The molecule has 0 spiro atoms. The van der Waals surface area contributed by atoms with Crippen molar-refractivity contribution in [3.63, 3.8) is 0 Å². The molecule has 2 amide bonds. The summed E-state index contributed by atoms with van der Waals surface area (Å²) in [5, 5.41) is 3.00. The van der Waals surface area contributed by atoms with Crippen LogP contribution in [0.1, 0.15) is 51.9 Å². The summed E-state index contributed by atoms with van der Waals surface area (Å²) >= 11 is 0. The molecule has 0 aromatic rings. The van der Waals surface area contributed by atoms with Crippen LogP contribution in [0.5, 0.6) is 0 Å². The second kappa shape index (κ2) is 6.37. The number of hydrogen-bond acceptors (Lipinski definition) is 3. The Morgan fingerprint density at radius 1 is 1.37 bits per heavy atom. The maximum atomic E-state index is 12.1. The zero-order valence-corrected chi connectivity index (χ0v) is 11.7. The van der Waals surface area contributed by atoms with Crippen molar-refractivity contribution in [2.24, 2.45) is 5.73 Å². The fraction of sp³-hybridized carbons (Fsp3) is 0.857. The smallest absolute Gasteiger partial charge is 0.243 e. The van der Waals surface area contributed by atoms with E-state index in [1.807, 2.05) is 6.92 Å². The lowest BCUT2D eigenvalue weighted by Crippen LogP contribution is -2.46. The van der Waals surface area contributed by atoms with Gasteiger partial charge in [-0.3, -0.25) is 9.59 Å². The lowest BCUT2D eigenvalue weighted by atomic mass is 10.1. The number of nitrogens with two attached hydrogens (primary N) is 1. The van der Waals surface area contributed by atoms with Crippen LogP contribution in [0.3, 0.4) is 0 Å². The van der Waals surface area contributed by atoms with Crippen LogP contribution in [0.4, 0.5) is 0 Å². The molecule has 2 aliphatic rings. The number of nitrogens with one attached hydrogen (secondary N) is 1. The third-order valence-corrected chi connectivity index (χ3v) is 3.85. The molecular weight excluding hydrogens is 242 g/mol. The number of hydrogen-bond donors (Lipinski definition) is 2. The van der Waals surface area contributed by atoms with E-state index < -0.39 is 0 Å². The second-order valence-electron chi connectivity index (χ2n) is 5.90. The van der Waals surface area contributed by atoms with E-state index in [-0.39, 0.29) is 23.9 Å². The van der Waals surface area contributed by atoms with Crippen molar-refractivity contribution in [1.82, 2.24) is 10.2 Å². The van der Waals surface area contributed by atoms with Gasteiger partial charge in [-0.1, -0.05) is 0 Å². The predicted molar refractivity (Wildman–Crippen MR) is 73.4 cm³/mol. The molecule has 2 unspecified atom stereocenters. The van der Waals surface area contributed by atoms with E-state index in [1.54, 1.807) is 4.90 Å². The van der Waals surface area contributed by atoms with Crippen LogP contribution in [-0.2, 0) is 9.59 Å². The van der Waals surface area contributed by atoms with Crippen LogP contribution >= 0.6 is 0 Å². The van der Waals surface area contributed by atoms with Gasteiger partial charge in [-0.05, 0) is 45.4 Å². The minimum atomic E-state index is -0.233. The van der Waals surface area contributed by atoms with Gasteiger partial charge in [-0.2, -0.15) is 0 Å². The average molecular weight is 267 g/mol. The molecule has 0 bridgehead atoms. The highest BCUT2D eigenvalue weighted by atomic mass is 16.2. The van der Waals surface area contributed by atoms with Crippen molar-refractivity contribution in [2.75, 3.05) is 6.54 Å². The Labute approximate surface area is 114 Å². The van der Waals surface area contributed by atoms with Crippen molar-refractivity contribution in [1.29, 1.82) is 0 Å². The summed E-state index contributed by atoms with van der Waals surface area (Å²) in [5.41, 5.74) is 5.68. The van der Waals surface area contributed by atoms with Crippen molar-refractivity contribution >= 4 is 11.8 Å². The summed E-state index contributed by atoms with van der Waals surface area (Å²) in [5.74, 6) is 0.148. The lowest BCUT2D eigenvalue weighted by molar-refractivity contribution is -0.138. The van der Waals surface area contributed by atoms with Crippen molar-refractivity contribution in [3.05, 3.63) is 0 Å². The topological polar surface area (TPSA) is 75.4 Å². The summed E-state index contributed by atoms with van der Waals surface area (Å²) in [7, 11) is 0. The molecule has 0 radical (unpaired) electrons. The molecule has 2 fully saturated rings. The number of carbonyl (C=O) groups excluding carboxylic acids is 2. The molecule has 19 heavy (non-hydrogen) atoms. The van der Waals surface area contributed by atoms with Crippen LogP contribution in [0.15, 0.2) is 0 Å². The molecule has 0 aromatic carbocycles. The maximum absolute atomic E-state index is 12.1. The van der Waals surface area contributed by atoms with E-state index in [2.05, 4.69) is 5.32 Å². The molecule has 5 heteroatoms. The van der Waals surface area contributed by atoms with Crippen molar-refractivity contribution in [2.45, 2.75) is 70.0 Å². The Kier molecular flexibility index (Phi) is 4.80. The van der Waals surface area contributed by atoms with Crippen LogP contribution in [0.2, 0.25) is 0 Å². The van der Waals surface area contributed by atoms with Gasteiger partial charge in [-0.25, -0.2) is 0 Å². The van der Waals surface area contributed by atoms with Crippen LogP contribution in [0, 0.1) is 0 Å². The molecule has 2 rings (SSSR count). The van der Waals surface area contributed by atoms with E-state index in [0.717, 1.165) is 45.1 Å². The molecule has 5 nitrogen and oxygen atoms in total. The minimum Gasteiger partial charge on any atom is -0.352 e. The Balaban J connectivity index is 1.79. The van der Waals surface area contributed by atoms with Crippen molar-refractivity contribution in [3.8, 4) is 0 Å². The zero-order valence-electron chi connectivity index (χ0n) is 11.7. The van der Waals surface area contributed by atoms with Crippen LogP contribution in [0.25, 0.3) is 0 Å². The first kappa shape index (κ1) is 14.3. The van der Waals surface area contributed by atoms with Gasteiger partial charge in [0.1, 0.15) is 6.04 Å². The lowest BCUT2D eigenvalue weighted by Gasteiger charge is -2.24. The standard InChI is InChI=1S/C14H25N3O2/c1-10(15)4-2-6-13(18)17-9-3-5-12(17)14(19)16-11-7-8-11/h10-12H,2-9,15H2,1H3,(H,16,19). The maximum Gasteiger partial charge on any atom is 0.243 e. The number of rotatable bonds is 6. The minimum absolute atomic E-state index is 0.0422. The van der Waals surface area contributed by atoms with Gasteiger partial charge in [0, 0.05) is 25.0 Å². The van der Waals surface area contributed by atoms with Gasteiger partial charge in [0.15, 0.2) is 0 Å². The molecule has 3 N–H and O–H groups in total. The average Bonchev–Trinajstić information content (AvgIpc) is 3.02. The molecule has 1 saturated heterocycles. The fourth-order valence-corrected chi connectivity index (χ4v) is 2.58. The first-order valence-electron chi connectivity index (χ1n) is 7.43. The highest BCUT2D eigenvalue weighted by Crippen LogP contribution is 2.23. The molecule has 1 aliphatic heterocycles. The van der Waals surface area contributed by atoms with Crippen LogP contribution in [-0.4, -0.2) is 41.4 Å². The molecule has 2 atom stereocenters. The Morgan fingerprint density at radius 2 is 2.11 bits per heavy atom. The molecular formula is C14H25N3O2. The molecule has 1 heterocycles. The van der Waals surface area contributed by atoms with Gasteiger partial charge >= 0.3 is 0 Å². The van der Waals surface area contributed by atoms with Gasteiger partial charge in [0.25, 0.3) is 0 Å². The summed E-state index contributed by atoms with van der Waals surface area (Å²) in [6.07, 6.45) is 6.08. The molecule has 1 aliphatic carbocycles. The Morgan fingerprint density at radius 3 is 2.74 bits per heavy atom. The number of carbonyl (C=O) groups is 2. The zero-order chi connectivity index (χ0) is 13.8. The van der Waals surface area contributed by atoms with E-state index >= 15 is 0 Å². The van der Waals surface area contributed by atoms with Gasteiger partial charge < -0.3 is 16.0 Å². The first-order chi connectivity index (χ1) is 9.08. The van der Waals surface area contributed by atoms with Gasteiger partial charge in [0.05, 0.1) is 0 Å².